The average molecular weight is 514 g/mol. The number of benzene rings is 1. The molecular formula is C26H26F3N5O3. The number of carbonyl (C=O) groups excluding carboxylic acids is 2. The van der Waals surface area contributed by atoms with Gasteiger partial charge in [0.2, 0.25) is 11.8 Å². The van der Waals surface area contributed by atoms with Crippen LogP contribution in [0.15, 0.2) is 42.7 Å². The van der Waals surface area contributed by atoms with E-state index in [9.17, 15) is 22.8 Å². The Morgan fingerprint density at radius 2 is 1.95 bits per heavy atom. The largest absolute Gasteiger partial charge is 0.489 e. The van der Waals surface area contributed by atoms with Crippen molar-refractivity contribution in [3.63, 3.8) is 0 Å². The maximum Gasteiger partial charge on any atom is 0.408 e. The number of carbonyl (C=O) groups is 2. The first-order chi connectivity index (χ1) is 17.8. The van der Waals surface area contributed by atoms with Gasteiger partial charge in [-0.25, -0.2) is 4.98 Å². The molecule has 1 aromatic carbocycles. The van der Waals surface area contributed by atoms with Gasteiger partial charge in [0, 0.05) is 17.6 Å². The number of para-hydroxylation sites is 1. The number of fused-ring (bicyclic) bond motifs is 3. The lowest BCUT2D eigenvalue weighted by Gasteiger charge is -2.36. The van der Waals surface area contributed by atoms with Crippen LogP contribution < -0.4 is 9.64 Å². The molecule has 2 aromatic heterocycles. The number of aromatic nitrogens is 3. The summed E-state index contributed by atoms with van der Waals surface area (Å²) in [4.78, 5) is 33.4. The second-order valence-corrected chi connectivity index (χ2v) is 10.1. The van der Waals surface area contributed by atoms with Crippen LogP contribution in [0.2, 0.25) is 0 Å². The number of ether oxygens (including phenoxy) is 1. The first-order valence-corrected chi connectivity index (χ1v) is 12.5. The predicted molar refractivity (Wildman–Crippen MR) is 128 cm³/mol. The summed E-state index contributed by atoms with van der Waals surface area (Å²) in [6.07, 6.45) is 1.21. The van der Waals surface area contributed by atoms with E-state index in [1.165, 1.54) is 4.90 Å². The normalized spacial score (nSPS) is 25.8. The smallest absolute Gasteiger partial charge is 0.408 e. The Morgan fingerprint density at radius 3 is 2.73 bits per heavy atom. The third-order valence-electron chi connectivity index (χ3n) is 7.96. The maximum atomic E-state index is 13.8. The van der Waals surface area contributed by atoms with E-state index in [2.05, 4.69) is 15.2 Å². The van der Waals surface area contributed by atoms with Crippen LogP contribution in [-0.2, 0) is 15.0 Å². The first kappa shape index (κ1) is 23.7. The highest BCUT2D eigenvalue weighted by molar-refractivity contribution is 6.10. The fourth-order valence-electron chi connectivity index (χ4n) is 6.14. The molecule has 4 heterocycles. The molecule has 1 aliphatic carbocycles. The monoisotopic (exact) mass is 513 g/mol. The second-order valence-electron chi connectivity index (χ2n) is 10.1. The summed E-state index contributed by atoms with van der Waals surface area (Å²) in [7, 11) is 0. The molecule has 2 aliphatic heterocycles. The molecule has 2 fully saturated rings. The van der Waals surface area contributed by atoms with Crippen LogP contribution in [-0.4, -0.2) is 63.3 Å². The van der Waals surface area contributed by atoms with E-state index >= 15 is 0 Å². The Bertz CT molecular complexity index is 1350. The van der Waals surface area contributed by atoms with Gasteiger partial charge in [0.25, 0.3) is 0 Å². The van der Waals surface area contributed by atoms with E-state index < -0.39 is 23.5 Å². The second kappa shape index (κ2) is 8.74. The van der Waals surface area contributed by atoms with Crippen molar-refractivity contribution in [2.45, 2.75) is 62.3 Å². The zero-order valence-electron chi connectivity index (χ0n) is 20.0. The third kappa shape index (κ3) is 4.00. The minimum atomic E-state index is -4.48. The molecule has 194 valence electrons. The highest BCUT2D eigenvalue weighted by atomic mass is 19.4. The Hall–Kier alpha value is -3.63. The quantitative estimate of drug-likeness (QED) is 0.567. The van der Waals surface area contributed by atoms with Crippen LogP contribution in [0.25, 0.3) is 11.0 Å². The summed E-state index contributed by atoms with van der Waals surface area (Å²) in [6, 6.07) is 7.38. The van der Waals surface area contributed by atoms with Crippen LogP contribution in [0.4, 0.5) is 18.9 Å². The molecule has 3 aliphatic rings. The number of halogens is 3. The number of amides is 2. The number of anilines is 1. The highest BCUT2D eigenvalue weighted by Gasteiger charge is 2.54. The Morgan fingerprint density at radius 1 is 1.16 bits per heavy atom. The molecule has 1 saturated carbocycles. The van der Waals surface area contributed by atoms with E-state index in [0.29, 0.717) is 49.2 Å². The SMILES string of the molecule is O=C(CN1C(=O)C2(CCC(Oc3cnc4[nH]ncc4c3)CC2)c2ccccc21)N1CCC[C@H]1C(F)(F)F. The number of alkyl halides is 3. The van der Waals surface area contributed by atoms with Gasteiger partial charge in [-0.1, -0.05) is 18.2 Å². The van der Waals surface area contributed by atoms with Gasteiger partial charge in [-0.15, -0.1) is 0 Å². The number of H-pyrrole nitrogens is 1. The van der Waals surface area contributed by atoms with E-state index in [1.54, 1.807) is 24.5 Å². The van der Waals surface area contributed by atoms with Crippen LogP contribution in [0.3, 0.4) is 0 Å². The van der Waals surface area contributed by atoms with Gasteiger partial charge < -0.3 is 14.5 Å². The molecule has 6 rings (SSSR count). The van der Waals surface area contributed by atoms with E-state index in [0.717, 1.165) is 15.8 Å². The molecule has 0 radical (unpaired) electrons. The van der Waals surface area contributed by atoms with Crippen molar-refractivity contribution in [3.05, 3.63) is 48.3 Å². The number of rotatable bonds is 4. The zero-order chi connectivity index (χ0) is 25.8. The van der Waals surface area contributed by atoms with Gasteiger partial charge in [0.15, 0.2) is 5.65 Å². The van der Waals surface area contributed by atoms with Crippen LogP contribution in [0.5, 0.6) is 5.75 Å². The Balaban J connectivity index is 1.19. The van der Waals surface area contributed by atoms with Gasteiger partial charge in [-0.05, 0) is 56.2 Å². The number of likely N-dealkylation sites (tertiary alicyclic amines) is 1. The zero-order valence-corrected chi connectivity index (χ0v) is 20.0. The molecule has 0 unspecified atom stereocenters. The number of aromatic amines is 1. The fourth-order valence-corrected chi connectivity index (χ4v) is 6.14. The van der Waals surface area contributed by atoms with Crippen LogP contribution in [0, 0.1) is 0 Å². The Kier molecular flexibility index (Phi) is 5.61. The molecule has 1 spiro atoms. The molecule has 8 nitrogen and oxygen atoms in total. The fraction of sp³-hybridized carbons (Fsp3) is 0.462. The van der Waals surface area contributed by atoms with Crippen molar-refractivity contribution in [1.82, 2.24) is 20.1 Å². The summed E-state index contributed by atoms with van der Waals surface area (Å²) in [5.74, 6) is -0.256. The van der Waals surface area contributed by atoms with Crippen LogP contribution in [0.1, 0.15) is 44.1 Å². The van der Waals surface area contributed by atoms with Crippen molar-refractivity contribution in [1.29, 1.82) is 0 Å². The summed E-state index contributed by atoms with van der Waals surface area (Å²) in [5.41, 5.74) is 1.31. The van der Waals surface area contributed by atoms with Crippen molar-refractivity contribution in [2.24, 2.45) is 0 Å². The van der Waals surface area contributed by atoms with E-state index in [1.807, 2.05) is 18.2 Å². The van der Waals surface area contributed by atoms with Crippen molar-refractivity contribution >= 4 is 28.5 Å². The standard InChI is InChI=1S/C26H26F3N5O3/c27-26(28,29)21-6-3-11-33(21)22(35)15-34-20-5-2-1-4-19(20)25(24(34)36)9-7-17(8-10-25)37-18-12-16-13-31-32-23(16)30-14-18/h1-2,4-5,12-14,17,21H,3,6-11,15H2,(H,30,31,32)/t17?,21-,25?/m0/s1. The number of hydrogen-bond donors (Lipinski definition) is 1. The number of pyridine rings is 1. The van der Waals surface area contributed by atoms with Crippen molar-refractivity contribution in [3.8, 4) is 5.75 Å². The molecule has 1 saturated heterocycles. The van der Waals surface area contributed by atoms with E-state index in [4.69, 9.17) is 4.74 Å². The van der Waals surface area contributed by atoms with Gasteiger partial charge >= 0.3 is 6.18 Å². The predicted octanol–water partition coefficient (Wildman–Crippen LogP) is 4.12. The lowest BCUT2D eigenvalue weighted by atomic mass is 9.69. The van der Waals surface area contributed by atoms with Crippen LogP contribution >= 0.6 is 0 Å². The maximum absolute atomic E-state index is 13.8. The molecule has 1 atom stereocenters. The topological polar surface area (TPSA) is 91.4 Å². The molecule has 0 bridgehead atoms. The minimum absolute atomic E-state index is 0.0519. The molecule has 37 heavy (non-hydrogen) atoms. The molecule has 2 amide bonds. The molecule has 1 N–H and O–H groups in total. The molecule has 3 aromatic rings. The Labute approximate surface area is 210 Å². The molecule has 11 heteroatoms. The van der Waals surface area contributed by atoms with Gasteiger partial charge in [-0.2, -0.15) is 18.3 Å². The van der Waals surface area contributed by atoms with Gasteiger partial charge in [0.05, 0.1) is 23.9 Å². The van der Waals surface area contributed by atoms with Crippen molar-refractivity contribution < 1.29 is 27.5 Å². The lowest BCUT2D eigenvalue weighted by Crippen LogP contribution is -2.51. The van der Waals surface area contributed by atoms with Gasteiger partial charge in [-0.3, -0.25) is 14.7 Å². The average Bonchev–Trinajstić information content (AvgIpc) is 3.61. The summed E-state index contributed by atoms with van der Waals surface area (Å²) in [6.45, 7) is -0.337. The first-order valence-electron chi connectivity index (χ1n) is 12.5. The third-order valence-corrected chi connectivity index (χ3v) is 7.96. The minimum Gasteiger partial charge on any atom is -0.489 e. The number of hydrogen-bond acceptors (Lipinski definition) is 5. The lowest BCUT2D eigenvalue weighted by molar-refractivity contribution is -0.182. The summed E-state index contributed by atoms with van der Waals surface area (Å²) < 4.78 is 46.5. The van der Waals surface area contributed by atoms with Gasteiger partial charge in [0.1, 0.15) is 18.3 Å². The number of nitrogens with zero attached hydrogens (tertiary/aromatic N) is 4. The van der Waals surface area contributed by atoms with E-state index in [-0.39, 0.29) is 31.5 Å². The molecular weight excluding hydrogens is 487 g/mol. The van der Waals surface area contributed by atoms with Crippen molar-refractivity contribution in [2.75, 3.05) is 18.0 Å². The summed E-state index contributed by atoms with van der Waals surface area (Å²) >= 11 is 0. The summed E-state index contributed by atoms with van der Waals surface area (Å²) in [5, 5.41) is 7.61. The number of nitrogens with one attached hydrogen (secondary N) is 1. The highest BCUT2D eigenvalue weighted by Crippen LogP contribution is 2.50.